The zero-order chi connectivity index (χ0) is 14.5. The van der Waals surface area contributed by atoms with E-state index in [0.29, 0.717) is 5.69 Å². The molecule has 0 aliphatic rings. The molecule has 4 N–H and O–H groups in total. The number of pyridine rings is 1. The minimum Gasteiger partial charge on any atom is -0.398 e. The number of nitrogen functional groups attached to an aromatic ring is 1. The summed E-state index contributed by atoms with van der Waals surface area (Å²) in [6, 6.07) is 5.67. The van der Waals surface area contributed by atoms with Gasteiger partial charge >= 0.3 is 0 Å². The number of nitrogens with zero attached hydrogens (tertiary/aromatic N) is 2. The van der Waals surface area contributed by atoms with E-state index in [0.717, 1.165) is 35.8 Å². The smallest absolute Gasteiger partial charge is 0.236 e. The second-order valence-corrected chi connectivity index (χ2v) is 4.84. The Hall–Kier alpha value is -2.30. The average Bonchev–Trinajstić information content (AvgIpc) is 2.44. The predicted octanol–water partition coefficient (Wildman–Crippen LogP) is 1.91. The Labute approximate surface area is 118 Å². The van der Waals surface area contributed by atoms with Crippen LogP contribution < -0.4 is 16.4 Å². The molecule has 0 bridgehead atoms. The number of nitrogens with two attached hydrogens (primary N) is 2. The van der Waals surface area contributed by atoms with Gasteiger partial charge in [-0.15, -0.1) is 0 Å². The molecule has 0 radical (unpaired) electrons. The van der Waals surface area contributed by atoms with E-state index in [4.69, 9.17) is 11.5 Å². The predicted molar refractivity (Wildman–Crippen MR) is 82.5 cm³/mol. The number of carbonyl (C=O) groups is 1. The quantitative estimate of drug-likeness (QED) is 0.787. The maximum atomic E-state index is 11.3. The van der Waals surface area contributed by atoms with Crippen molar-refractivity contribution in [2.45, 2.75) is 19.8 Å². The SMILES string of the molecule is CCCCN(CC(N)=O)c1ccc(N)c2ccncc12. The third-order valence-corrected chi connectivity index (χ3v) is 3.30. The summed E-state index contributed by atoms with van der Waals surface area (Å²) in [7, 11) is 0. The Morgan fingerprint density at radius 2 is 2.10 bits per heavy atom. The lowest BCUT2D eigenvalue weighted by molar-refractivity contribution is -0.116. The molecule has 20 heavy (non-hydrogen) atoms. The molecule has 0 saturated carbocycles. The fourth-order valence-corrected chi connectivity index (χ4v) is 2.30. The van der Waals surface area contributed by atoms with E-state index in [-0.39, 0.29) is 12.5 Å². The number of amides is 1. The Morgan fingerprint density at radius 1 is 1.30 bits per heavy atom. The molecule has 1 aromatic carbocycles. The lowest BCUT2D eigenvalue weighted by Crippen LogP contribution is -2.34. The summed E-state index contributed by atoms with van der Waals surface area (Å²) >= 11 is 0. The highest BCUT2D eigenvalue weighted by Crippen LogP contribution is 2.30. The van der Waals surface area contributed by atoms with Crippen molar-refractivity contribution in [2.24, 2.45) is 5.73 Å². The minimum atomic E-state index is -0.338. The second kappa shape index (κ2) is 6.23. The van der Waals surface area contributed by atoms with Crippen LogP contribution in [-0.4, -0.2) is 24.0 Å². The van der Waals surface area contributed by atoms with E-state index < -0.39 is 0 Å². The topological polar surface area (TPSA) is 85.2 Å². The summed E-state index contributed by atoms with van der Waals surface area (Å²) in [6.07, 6.45) is 5.55. The fraction of sp³-hybridized carbons (Fsp3) is 0.333. The van der Waals surface area contributed by atoms with Gasteiger partial charge in [0.2, 0.25) is 5.91 Å². The van der Waals surface area contributed by atoms with Gasteiger partial charge in [0.15, 0.2) is 0 Å². The van der Waals surface area contributed by atoms with Crippen molar-refractivity contribution in [3.05, 3.63) is 30.6 Å². The lowest BCUT2D eigenvalue weighted by atomic mass is 10.1. The van der Waals surface area contributed by atoms with Gasteiger partial charge < -0.3 is 16.4 Å². The molecule has 0 aliphatic carbocycles. The first-order chi connectivity index (χ1) is 9.63. The van der Waals surface area contributed by atoms with Gasteiger partial charge in [-0.05, 0) is 24.6 Å². The first-order valence-corrected chi connectivity index (χ1v) is 6.79. The summed E-state index contributed by atoms with van der Waals surface area (Å²) in [4.78, 5) is 17.4. The van der Waals surface area contributed by atoms with Gasteiger partial charge in [-0.2, -0.15) is 0 Å². The van der Waals surface area contributed by atoms with E-state index in [1.165, 1.54) is 0 Å². The van der Waals surface area contributed by atoms with Crippen LogP contribution in [0.4, 0.5) is 11.4 Å². The molecule has 1 aromatic heterocycles. The number of unbranched alkanes of at least 4 members (excludes halogenated alkanes) is 1. The largest absolute Gasteiger partial charge is 0.398 e. The van der Waals surface area contributed by atoms with Crippen LogP contribution in [0.25, 0.3) is 10.8 Å². The van der Waals surface area contributed by atoms with Crippen molar-refractivity contribution >= 4 is 28.1 Å². The highest BCUT2D eigenvalue weighted by atomic mass is 16.1. The van der Waals surface area contributed by atoms with Crippen molar-refractivity contribution in [1.29, 1.82) is 0 Å². The third kappa shape index (κ3) is 2.99. The van der Waals surface area contributed by atoms with Gasteiger partial charge in [-0.3, -0.25) is 9.78 Å². The van der Waals surface area contributed by atoms with Crippen LogP contribution in [0.3, 0.4) is 0 Å². The molecule has 0 unspecified atom stereocenters. The summed E-state index contributed by atoms with van der Waals surface area (Å²) < 4.78 is 0. The van der Waals surface area contributed by atoms with E-state index in [2.05, 4.69) is 11.9 Å². The first kappa shape index (κ1) is 14.1. The van der Waals surface area contributed by atoms with Crippen molar-refractivity contribution in [2.75, 3.05) is 23.7 Å². The number of primary amides is 1. The number of rotatable bonds is 6. The van der Waals surface area contributed by atoms with Crippen molar-refractivity contribution < 1.29 is 4.79 Å². The van der Waals surface area contributed by atoms with Gasteiger partial charge in [-0.25, -0.2) is 0 Å². The zero-order valence-corrected chi connectivity index (χ0v) is 11.7. The molecular weight excluding hydrogens is 252 g/mol. The molecule has 1 heterocycles. The average molecular weight is 272 g/mol. The van der Waals surface area contributed by atoms with E-state index >= 15 is 0 Å². The van der Waals surface area contributed by atoms with Gasteiger partial charge in [-0.1, -0.05) is 13.3 Å². The molecule has 0 aliphatic heterocycles. The molecular formula is C15H20N4O. The maximum Gasteiger partial charge on any atom is 0.236 e. The normalized spacial score (nSPS) is 10.7. The Bertz CT molecular complexity index is 612. The monoisotopic (exact) mass is 272 g/mol. The van der Waals surface area contributed by atoms with E-state index in [1.54, 1.807) is 12.4 Å². The Morgan fingerprint density at radius 3 is 2.80 bits per heavy atom. The van der Waals surface area contributed by atoms with Crippen LogP contribution in [0.1, 0.15) is 19.8 Å². The molecule has 2 rings (SSSR count). The van der Waals surface area contributed by atoms with Crippen LogP contribution in [0, 0.1) is 0 Å². The van der Waals surface area contributed by atoms with E-state index in [1.807, 2.05) is 23.1 Å². The maximum absolute atomic E-state index is 11.3. The number of fused-ring (bicyclic) bond motifs is 1. The highest BCUT2D eigenvalue weighted by molar-refractivity contribution is 6.01. The molecule has 0 fully saturated rings. The van der Waals surface area contributed by atoms with Crippen LogP contribution in [0.15, 0.2) is 30.6 Å². The molecule has 0 atom stereocenters. The molecule has 0 spiro atoms. The number of carbonyl (C=O) groups excluding carboxylic acids is 1. The molecule has 0 saturated heterocycles. The van der Waals surface area contributed by atoms with Gasteiger partial charge in [0.25, 0.3) is 0 Å². The summed E-state index contributed by atoms with van der Waals surface area (Å²) in [5, 5.41) is 1.90. The number of hydrogen-bond acceptors (Lipinski definition) is 4. The number of benzene rings is 1. The second-order valence-electron chi connectivity index (χ2n) is 4.84. The molecule has 2 aromatic rings. The Balaban J connectivity index is 2.46. The molecule has 106 valence electrons. The van der Waals surface area contributed by atoms with Crippen LogP contribution in [0.2, 0.25) is 0 Å². The number of hydrogen-bond donors (Lipinski definition) is 2. The van der Waals surface area contributed by atoms with Gasteiger partial charge in [0.05, 0.1) is 6.54 Å². The Kier molecular flexibility index (Phi) is 4.40. The molecule has 5 nitrogen and oxygen atoms in total. The lowest BCUT2D eigenvalue weighted by Gasteiger charge is -2.25. The number of aromatic nitrogens is 1. The third-order valence-electron chi connectivity index (χ3n) is 3.30. The fourth-order valence-electron chi connectivity index (χ4n) is 2.30. The van der Waals surface area contributed by atoms with Crippen LogP contribution in [0.5, 0.6) is 0 Å². The van der Waals surface area contributed by atoms with E-state index in [9.17, 15) is 4.79 Å². The standard InChI is InChI=1S/C15H20N4O/c1-2-3-8-19(10-15(17)20)14-5-4-13(16)11-6-7-18-9-12(11)14/h4-7,9H,2-3,8,10,16H2,1H3,(H2,17,20). The van der Waals surface area contributed by atoms with Crippen molar-refractivity contribution in [1.82, 2.24) is 4.98 Å². The summed E-state index contributed by atoms with van der Waals surface area (Å²) in [6.45, 7) is 3.10. The van der Waals surface area contributed by atoms with Crippen LogP contribution in [-0.2, 0) is 4.79 Å². The molecule has 5 heteroatoms. The minimum absolute atomic E-state index is 0.202. The van der Waals surface area contributed by atoms with Crippen molar-refractivity contribution in [3.63, 3.8) is 0 Å². The number of anilines is 2. The van der Waals surface area contributed by atoms with Crippen LogP contribution >= 0.6 is 0 Å². The van der Waals surface area contributed by atoms with Gasteiger partial charge in [0, 0.05) is 41.1 Å². The van der Waals surface area contributed by atoms with Gasteiger partial charge in [0.1, 0.15) is 0 Å². The highest BCUT2D eigenvalue weighted by Gasteiger charge is 2.13. The molecule has 1 amide bonds. The first-order valence-electron chi connectivity index (χ1n) is 6.79. The zero-order valence-electron chi connectivity index (χ0n) is 11.7. The summed E-state index contributed by atoms with van der Waals surface area (Å²) in [5.74, 6) is -0.338. The van der Waals surface area contributed by atoms with Crippen molar-refractivity contribution in [3.8, 4) is 0 Å². The summed E-state index contributed by atoms with van der Waals surface area (Å²) in [5.41, 5.74) is 13.0.